The maximum Gasteiger partial charge on any atom is 0.343 e. The minimum atomic E-state index is -0.511. The molecule has 0 aliphatic rings. The van der Waals surface area contributed by atoms with Crippen LogP contribution in [0.15, 0.2) is 71.8 Å². The van der Waals surface area contributed by atoms with Gasteiger partial charge in [0.2, 0.25) is 0 Å². The molecule has 0 spiro atoms. The zero-order valence-electron chi connectivity index (χ0n) is 21.4. The lowest BCUT2D eigenvalue weighted by atomic mass is 10.2. The molecule has 0 saturated heterocycles. The Balaban J connectivity index is 1.62. The van der Waals surface area contributed by atoms with E-state index in [2.05, 4.69) is 10.5 Å². The van der Waals surface area contributed by atoms with Crippen molar-refractivity contribution >= 4 is 18.1 Å². The molecule has 0 unspecified atom stereocenters. The van der Waals surface area contributed by atoms with Gasteiger partial charge < -0.3 is 18.9 Å². The Morgan fingerprint density at radius 2 is 1.35 bits per heavy atom. The number of carbonyl (C=O) groups excluding carboxylic acids is 2. The highest BCUT2D eigenvalue weighted by Crippen LogP contribution is 2.29. The second kappa shape index (κ2) is 14.3. The summed E-state index contributed by atoms with van der Waals surface area (Å²) >= 11 is 0. The Labute approximate surface area is 217 Å². The molecule has 8 nitrogen and oxygen atoms in total. The van der Waals surface area contributed by atoms with E-state index in [1.54, 1.807) is 66.7 Å². The SMILES string of the molecule is CCCOc1ccc(C(=O)N/N=C\c2ccc(OC(=O)c3ccc(OCCC)cc3)c(OCC)c2)cc1. The van der Waals surface area contributed by atoms with Crippen molar-refractivity contribution < 1.29 is 28.5 Å². The number of carbonyl (C=O) groups is 2. The summed E-state index contributed by atoms with van der Waals surface area (Å²) in [6.45, 7) is 7.51. The van der Waals surface area contributed by atoms with Crippen molar-refractivity contribution in [3.63, 3.8) is 0 Å². The van der Waals surface area contributed by atoms with Gasteiger partial charge in [-0.05, 0) is 92.1 Å². The third-order valence-corrected chi connectivity index (χ3v) is 5.00. The average Bonchev–Trinajstić information content (AvgIpc) is 2.92. The molecular weight excluding hydrogens is 472 g/mol. The Kier molecular flexibility index (Phi) is 10.5. The first-order valence-electron chi connectivity index (χ1n) is 12.3. The van der Waals surface area contributed by atoms with E-state index in [0.29, 0.717) is 53.8 Å². The number of nitrogens with one attached hydrogen (secondary N) is 1. The number of benzene rings is 3. The van der Waals surface area contributed by atoms with E-state index in [9.17, 15) is 9.59 Å². The highest BCUT2D eigenvalue weighted by molar-refractivity contribution is 5.95. The minimum absolute atomic E-state index is 0.282. The Hall–Kier alpha value is -4.33. The highest BCUT2D eigenvalue weighted by atomic mass is 16.6. The minimum Gasteiger partial charge on any atom is -0.494 e. The van der Waals surface area contributed by atoms with Crippen molar-refractivity contribution in [3.8, 4) is 23.0 Å². The van der Waals surface area contributed by atoms with Crippen LogP contribution in [0.4, 0.5) is 0 Å². The monoisotopic (exact) mass is 504 g/mol. The molecule has 0 atom stereocenters. The maximum atomic E-state index is 12.6. The fourth-order valence-corrected chi connectivity index (χ4v) is 3.18. The number of esters is 1. The molecule has 3 aromatic rings. The van der Waals surface area contributed by atoms with Crippen molar-refractivity contribution in [1.82, 2.24) is 5.43 Å². The van der Waals surface area contributed by atoms with Crippen molar-refractivity contribution in [1.29, 1.82) is 0 Å². The molecule has 8 heteroatoms. The van der Waals surface area contributed by atoms with E-state index < -0.39 is 5.97 Å². The van der Waals surface area contributed by atoms with Crippen LogP contribution in [0, 0.1) is 0 Å². The number of hydrazone groups is 1. The van der Waals surface area contributed by atoms with Gasteiger partial charge in [-0.15, -0.1) is 0 Å². The topological polar surface area (TPSA) is 95.5 Å². The maximum absolute atomic E-state index is 12.6. The van der Waals surface area contributed by atoms with Crippen LogP contribution >= 0.6 is 0 Å². The third kappa shape index (κ3) is 8.38. The van der Waals surface area contributed by atoms with Crippen LogP contribution in [0.2, 0.25) is 0 Å². The Bertz CT molecular complexity index is 1190. The largest absolute Gasteiger partial charge is 0.494 e. The molecule has 37 heavy (non-hydrogen) atoms. The Morgan fingerprint density at radius 1 is 0.757 bits per heavy atom. The molecule has 194 valence electrons. The van der Waals surface area contributed by atoms with E-state index in [-0.39, 0.29) is 11.7 Å². The number of hydrogen-bond donors (Lipinski definition) is 1. The summed E-state index contributed by atoms with van der Waals surface area (Å²) in [5.41, 5.74) is 4.01. The molecule has 3 aromatic carbocycles. The van der Waals surface area contributed by atoms with Crippen LogP contribution < -0.4 is 24.4 Å². The summed E-state index contributed by atoms with van der Waals surface area (Å²) in [6.07, 6.45) is 3.30. The van der Waals surface area contributed by atoms with Crippen molar-refractivity contribution in [3.05, 3.63) is 83.4 Å². The first-order chi connectivity index (χ1) is 18.0. The number of amides is 1. The van der Waals surface area contributed by atoms with Gasteiger partial charge in [0.15, 0.2) is 11.5 Å². The van der Waals surface area contributed by atoms with Gasteiger partial charge in [-0.2, -0.15) is 5.10 Å². The molecule has 0 aromatic heterocycles. The van der Waals surface area contributed by atoms with Gasteiger partial charge in [-0.3, -0.25) is 4.79 Å². The second-order valence-electron chi connectivity index (χ2n) is 7.97. The van der Waals surface area contributed by atoms with E-state index in [4.69, 9.17) is 18.9 Å². The van der Waals surface area contributed by atoms with Gasteiger partial charge in [0.05, 0.1) is 31.6 Å². The van der Waals surface area contributed by atoms with Gasteiger partial charge in [0.1, 0.15) is 11.5 Å². The van der Waals surface area contributed by atoms with Gasteiger partial charge in [0.25, 0.3) is 5.91 Å². The molecule has 0 heterocycles. The smallest absolute Gasteiger partial charge is 0.343 e. The third-order valence-electron chi connectivity index (χ3n) is 5.00. The summed E-state index contributed by atoms with van der Waals surface area (Å²) in [7, 11) is 0. The summed E-state index contributed by atoms with van der Waals surface area (Å²) < 4.78 is 22.3. The quantitative estimate of drug-likeness (QED) is 0.140. The lowest BCUT2D eigenvalue weighted by Crippen LogP contribution is -2.17. The van der Waals surface area contributed by atoms with Crippen molar-refractivity contribution in [2.45, 2.75) is 33.6 Å². The fraction of sp³-hybridized carbons (Fsp3) is 0.276. The van der Waals surface area contributed by atoms with E-state index in [1.165, 1.54) is 6.21 Å². The molecule has 3 rings (SSSR count). The lowest BCUT2D eigenvalue weighted by molar-refractivity contribution is 0.0728. The molecule has 0 saturated carbocycles. The fourth-order valence-electron chi connectivity index (χ4n) is 3.18. The zero-order chi connectivity index (χ0) is 26.5. The van der Waals surface area contributed by atoms with Gasteiger partial charge in [0, 0.05) is 5.56 Å². The van der Waals surface area contributed by atoms with Crippen LogP contribution in [0.1, 0.15) is 59.9 Å². The molecular formula is C29H32N2O6. The summed E-state index contributed by atoms with van der Waals surface area (Å²) in [4.78, 5) is 25.0. The number of ether oxygens (including phenoxy) is 4. The summed E-state index contributed by atoms with van der Waals surface area (Å²) in [5.74, 6) is 1.22. The van der Waals surface area contributed by atoms with Crippen LogP contribution in [0.25, 0.3) is 0 Å². The Morgan fingerprint density at radius 3 is 1.92 bits per heavy atom. The van der Waals surface area contributed by atoms with Crippen LogP contribution in [-0.4, -0.2) is 37.9 Å². The van der Waals surface area contributed by atoms with Crippen molar-refractivity contribution in [2.75, 3.05) is 19.8 Å². The van der Waals surface area contributed by atoms with Gasteiger partial charge in [-0.25, -0.2) is 10.2 Å². The molecule has 0 aliphatic carbocycles. The molecule has 1 amide bonds. The molecule has 0 bridgehead atoms. The normalized spacial score (nSPS) is 10.7. The van der Waals surface area contributed by atoms with E-state index in [0.717, 1.165) is 12.8 Å². The van der Waals surface area contributed by atoms with Gasteiger partial charge >= 0.3 is 5.97 Å². The zero-order valence-corrected chi connectivity index (χ0v) is 21.4. The molecule has 1 N–H and O–H groups in total. The summed E-state index contributed by atoms with van der Waals surface area (Å²) in [5, 5.41) is 4.03. The summed E-state index contributed by atoms with van der Waals surface area (Å²) in [6, 6.07) is 18.7. The van der Waals surface area contributed by atoms with E-state index in [1.807, 2.05) is 20.8 Å². The van der Waals surface area contributed by atoms with Crippen LogP contribution in [-0.2, 0) is 0 Å². The van der Waals surface area contributed by atoms with Crippen LogP contribution in [0.3, 0.4) is 0 Å². The molecule has 0 fully saturated rings. The van der Waals surface area contributed by atoms with Crippen LogP contribution in [0.5, 0.6) is 23.0 Å². The lowest BCUT2D eigenvalue weighted by Gasteiger charge is -2.12. The first-order valence-corrected chi connectivity index (χ1v) is 12.3. The highest BCUT2D eigenvalue weighted by Gasteiger charge is 2.14. The van der Waals surface area contributed by atoms with Gasteiger partial charge in [-0.1, -0.05) is 13.8 Å². The standard InChI is InChI=1S/C29H32N2O6/c1-4-17-35-24-12-8-22(9-13-24)28(32)31-30-20-21-7-16-26(27(19-21)34-6-3)37-29(33)23-10-14-25(15-11-23)36-18-5-2/h7-16,19-20H,4-6,17-18H2,1-3H3,(H,31,32)/b30-20-. The molecule has 0 radical (unpaired) electrons. The average molecular weight is 505 g/mol. The predicted molar refractivity (Wildman–Crippen MR) is 142 cm³/mol. The molecule has 0 aliphatic heterocycles. The first kappa shape index (κ1) is 27.3. The predicted octanol–water partition coefficient (Wildman–Crippen LogP) is 5.65. The van der Waals surface area contributed by atoms with E-state index >= 15 is 0 Å². The second-order valence-corrected chi connectivity index (χ2v) is 7.97. The number of rotatable bonds is 13. The number of hydrogen-bond acceptors (Lipinski definition) is 7. The number of nitrogens with zero attached hydrogens (tertiary/aromatic N) is 1. The van der Waals surface area contributed by atoms with Crippen molar-refractivity contribution in [2.24, 2.45) is 5.10 Å².